The van der Waals surface area contributed by atoms with Gasteiger partial charge in [0.2, 0.25) is 5.82 Å². The number of hydrogen-bond donors (Lipinski definition) is 3. The zero-order valence-corrected chi connectivity index (χ0v) is 10.9. The van der Waals surface area contributed by atoms with E-state index >= 15 is 0 Å². The van der Waals surface area contributed by atoms with Crippen LogP contribution in [-0.4, -0.2) is 44.7 Å². The molecule has 9 nitrogen and oxygen atoms in total. The third kappa shape index (κ3) is 2.62. The molecular weight excluding hydrogens is 266 g/mol. The Labute approximate surface area is 114 Å². The van der Waals surface area contributed by atoms with Gasteiger partial charge in [0.15, 0.2) is 5.84 Å². The minimum atomic E-state index is -0.889. The van der Waals surface area contributed by atoms with Crippen molar-refractivity contribution in [3.8, 4) is 0 Å². The van der Waals surface area contributed by atoms with Crippen molar-refractivity contribution in [1.29, 1.82) is 0 Å². The van der Waals surface area contributed by atoms with E-state index in [1.165, 1.54) is 12.3 Å². The van der Waals surface area contributed by atoms with Gasteiger partial charge in [-0.2, -0.15) is 0 Å². The highest BCUT2D eigenvalue weighted by Crippen LogP contribution is 2.32. The number of pyridine rings is 1. The lowest BCUT2D eigenvalue weighted by molar-refractivity contribution is -0.384. The second-order valence-electron chi connectivity index (χ2n) is 4.98. The SMILES string of the molecule is CC1(O)CCN(c2ncc(C(N)=NO)cc2[N+](=O)[O-])C1. The van der Waals surface area contributed by atoms with Crippen LogP contribution in [0.15, 0.2) is 17.4 Å². The first-order valence-corrected chi connectivity index (χ1v) is 5.94. The third-order valence-corrected chi connectivity index (χ3v) is 3.20. The Hall–Kier alpha value is -2.42. The molecule has 0 aliphatic carbocycles. The number of aliphatic hydroxyl groups is 1. The molecule has 4 N–H and O–H groups in total. The smallest absolute Gasteiger partial charge is 0.312 e. The number of nitrogens with zero attached hydrogens (tertiary/aromatic N) is 4. The summed E-state index contributed by atoms with van der Waals surface area (Å²) in [5, 5.41) is 32.4. The van der Waals surface area contributed by atoms with E-state index in [1.807, 2.05) is 0 Å². The van der Waals surface area contributed by atoms with Crippen LogP contribution in [0.2, 0.25) is 0 Å². The monoisotopic (exact) mass is 281 g/mol. The molecule has 9 heteroatoms. The molecule has 0 spiro atoms. The average Bonchev–Trinajstić information content (AvgIpc) is 2.77. The molecular formula is C11H15N5O4. The summed E-state index contributed by atoms with van der Waals surface area (Å²) in [5.74, 6) is -0.0807. The lowest BCUT2D eigenvalue weighted by Gasteiger charge is -2.19. The van der Waals surface area contributed by atoms with Crippen LogP contribution < -0.4 is 10.6 Å². The van der Waals surface area contributed by atoms with Crippen LogP contribution in [0.1, 0.15) is 18.9 Å². The Bertz CT molecular complexity index is 572. The van der Waals surface area contributed by atoms with Gasteiger partial charge in [0.25, 0.3) is 0 Å². The summed E-state index contributed by atoms with van der Waals surface area (Å²) in [4.78, 5) is 16.2. The maximum atomic E-state index is 11.1. The molecule has 0 bridgehead atoms. The van der Waals surface area contributed by atoms with E-state index in [-0.39, 0.29) is 29.4 Å². The van der Waals surface area contributed by atoms with E-state index in [2.05, 4.69) is 10.1 Å². The highest BCUT2D eigenvalue weighted by atomic mass is 16.6. The van der Waals surface area contributed by atoms with Crippen molar-refractivity contribution in [1.82, 2.24) is 4.98 Å². The minimum Gasteiger partial charge on any atom is -0.409 e. The molecule has 0 saturated carbocycles. The average molecular weight is 281 g/mol. The maximum absolute atomic E-state index is 11.1. The van der Waals surface area contributed by atoms with Crippen molar-refractivity contribution >= 4 is 17.3 Å². The number of oxime groups is 1. The second-order valence-corrected chi connectivity index (χ2v) is 4.98. The Balaban J connectivity index is 2.41. The minimum absolute atomic E-state index is 0.161. The van der Waals surface area contributed by atoms with E-state index in [4.69, 9.17) is 10.9 Å². The lowest BCUT2D eigenvalue weighted by atomic mass is 10.1. The highest BCUT2D eigenvalue weighted by Gasteiger charge is 2.35. The molecule has 1 aliphatic heterocycles. The third-order valence-electron chi connectivity index (χ3n) is 3.20. The van der Waals surface area contributed by atoms with Crippen LogP contribution >= 0.6 is 0 Å². The molecule has 2 rings (SSSR count). The zero-order chi connectivity index (χ0) is 14.9. The molecule has 2 heterocycles. The Morgan fingerprint density at radius 2 is 2.40 bits per heavy atom. The molecule has 1 saturated heterocycles. The van der Waals surface area contributed by atoms with Crippen LogP contribution in [-0.2, 0) is 0 Å². The van der Waals surface area contributed by atoms with Crippen molar-refractivity contribution in [3.05, 3.63) is 27.9 Å². The first-order valence-electron chi connectivity index (χ1n) is 5.94. The van der Waals surface area contributed by atoms with Crippen molar-refractivity contribution < 1.29 is 15.2 Å². The molecule has 0 amide bonds. The standard InChI is InChI=1S/C11H15N5O4/c1-11(17)2-3-15(6-11)10-8(16(19)20)4-7(5-13-10)9(12)14-18/h4-5,17-18H,2-3,6H2,1H3,(H2,12,14). The number of rotatable bonds is 3. The topological polar surface area (TPSA) is 138 Å². The summed E-state index contributed by atoms with van der Waals surface area (Å²) < 4.78 is 0. The Morgan fingerprint density at radius 3 is 2.90 bits per heavy atom. The van der Waals surface area contributed by atoms with Gasteiger partial charge in [-0.15, -0.1) is 0 Å². The van der Waals surface area contributed by atoms with E-state index < -0.39 is 10.5 Å². The molecule has 1 unspecified atom stereocenters. The van der Waals surface area contributed by atoms with Crippen molar-refractivity contribution in [2.75, 3.05) is 18.0 Å². The molecule has 0 radical (unpaired) electrons. The second kappa shape index (κ2) is 4.93. The van der Waals surface area contributed by atoms with Gasteiger partial charge in [-0.3, -0.25) is 10.1 Å². The Morgan fingerprint density at radius 1 is 1.70 bits per heavy atom. The predicted molar refractivity (Wildman–Crippen MR) is 70.9 cm³/mol. The summed E-state index contributed by atoms with van der Waals surface area (Å²) in [5.41, 5.74) is 4.42. The number of amidine groups is 1. The molecule has 1 atom stereocenters. The molecule has 108 valence electrons. The van der Waals surface area contributed by atoms with Gasteiger partial charge < -0.3 is 20.9 Å². The summed E-state index contributed by atoms with van der Waals surface area (Å²) in [7, 11) is 0. The van der Waals surface area contributed by atoms with Crippen LogP contribution in [0.5, 0.6) is 0 Å². The summed E-state index contributed by atoms with van der Waals surface area (Å²) in [6.07, 6.45) is 1.80. The van der Waals surface area contributed by atoms with Crippen LogP contribution in [0, 0.1) is 10.1 Å². The summed E-state index contributed by atoms with van der Waals surface area (Å²) in [6.45, 7) is 2.41. The van der Waals surface area contributed by atoms with Crippen LogP contribution in [0.25, 0.3) is 0 Å². The number of hydrogen-bond acceptors (Lipinski definition) is 7. The van der Waals surface area contributed by atoms with Gasteiger partial charge in [-0.25, -0.2) is 4.98 Å². The fraction of sp³-hybridized carbons (Fsp3) is 0.455. The van der Waals surface area contributed by atoms with Crippen molar-refractivity contribution in [2.24, 2.45) is 10.9 Å². The van der Waals surface area contributed by atoms with Gasteiger partial charge in [-0.05, 0) is 13.3 Å². The fourth-order valence-electron chi connectivity index (χ4n) is 2.15. The van der Waals surface area contributed by atoms with Crippen LogP contribution in [0.4, 0.5) is 11.5 Å². The number of anilines is 1. The molecule has 1 aromatic rings. The van der Waals surface area contributed by atoms with Gasteiger partial charge in [-0.1, -0.05) is 5.16 Å². The molecule has 1 aliphatic rings. The number of aromatic nitrogens is 1. The van der Waals surface area contributed by atoms with Gasteiger partial charge in [0.05, 0.1) is 10.5 Å². The molecule has 1 aromatic heterocycles. The highest BCUT2D eigenvalue weighted by molar-refractivity contribution is 5.97. The molecule has 1 fully saturated rings. The first-order chi connectivity index (χ1) is 9.34. The van der Waals surface area contributed by atoms with E-state index in [0.29, 0.717) is 13.0 Å². The molecule has 0 aromatic carbocycles. The maximum Gasteiger partial charge on any atom is 0.312 e. The normalized spacial score (nSPS) is 23.1. The van der Waals surface area contributed by atoms with Crippen molar-refractivity contribution in [3.63, 3.8) is 0 Å². The number of nitrogens with two attached hydrogens (primary N) is 1. The van der Waals surface area contributed by atoms with Gasteiger partial charge >= 0.3 is 5.69 Å². The number of β-amino-alcohol motifs (C(OH)–C–C–N with tert-alkyl or cyclic N) is 1. The summed E-state index contributed by atoms with van der Waals surface area (Å²) >= 11 is 0. The van der Waals surface area contributed by atoms with E-state index in [1.54, 1.807) is 11.8 Å². The largest absolute Gasteiger partial charge is 0.409 e. The quantitative estimate of drug-likeness (QED) is 0.234. The van der Waals surface area contributed by atoms with E-state index in [9.17, 15) is 15.2 Å². The van der Waals surface area contributed by atoms with Gasteiger partial charge in [0.1, 0.15) is 0 Å². The lowest BCUT2D eigenvalue weighted by Crippen LogP contribution is -2.30. The Kier molecular flexibility index (Phi) is 3.45. The first kappa shape index (κ1) is 14.0. The predicted octanol–water partition coefficient (Wildman–Crippen LogP) is 0.0454. The zero-order valence-electron chi connectivity index (χ0n) is 10.9. The number of nitro groups is 1. The van der Waals surface area contributed by atoms with Crippen LogP contribution in [0.3, 0.4) is 0 Å². The van der Waals surface area contributed by atoms with E-state index in [0.717, 1.165) is 0 Å². The summed E-state index contributed by atoms with van der Waals surface area (Å²) in [6, 6.07) is 1.20. The van der Waals surface area contributed by atoms with Crippen molar-refractivity contribution in [2.45, 2.75) is 18.9 Å². The van der Waals surface area contributed by atoms with Gasteiger partial charge in [0, 0.05) is 30.9 Å². The fourth-order valence-corrected chi connectivity index (χ4v) is 2.15. The molecule has 20 heavy (non-hydrogen) atoms.